The predicted molar refractivity (Wildman–Crippen MR) is 89.1 cm³/mol. The van der Waals surface area contributed by atoms with E-state index in [4.69, 9.17) is 4.74 Å². The lowest BCUT2D eigenvalue weighted by Crippen LogP contribution is -2.21. The van der Waals surface area contributed by atoms with Crippen molar-refractivity contribution < 1.29 is 9.53 Å². The van der Waals surface area contributed by atoms with Gasteiger partial charge in [-0.2, -0.15) is 0 Å². The van der Waals surface area contributed by atoms with Gasteiger partial charge in [-0.05, 0) is 25.5 Å². The van der Waals surface area contributed by atoms with Crippen LogP contribution in [0.3, 0.4) is 0 Å². The van der Waals surface area contributed by atoms with Gasteiger partial charge in [0.15, 0.2) is 5.16 Å². The molecule has 2 rings (SSSR count). The molecule has 0 spiro atoms. The molecule has 0 aliphatic heterocycles. The zero-order chi connectivity index (χ0) is 16.5. The van der Waals surface area contributed by atoms with E-state index in [9.17, 15) is 4.79 Å². The molecule has 2 aromatic heterocycles. The Morgan fingerprint density at radius 3 is 2.96 bits per heavy atom. The topological polar surface area (TPSA) is 69.9 Å². The summed E-state index contributed by atoms with van der Waals surface area (Å²) in [5, 5.41) is 8.62. The lowest BCUT2D eigenvalue weighted by Gasteiger charge is -2.14. The Morgan fingerprint density at radius 2 is 2.26 bits per heavy atom. The molecule has 2 aromatic rings. The van der Waals surface area contributed by atoms with E-state index in [0.29, 0.717) is 6.61 Å². The number of hydrogen-bond acceptors (Lipinski definition) is 6. The molecule has 124 valence electrons. The zero-order valence-corrected chi connectivity index (χ0v) is 14.3. The molecule has 7 heteroatoms. The third kappa shape index (κ3) is 5.35. The number of carbonyl (C=O) groups is 1. The highest BCUT2D eigenvalue weighted by atomic mass is 32.2. The van der Waals surface area contributed by atoms with Crippen LogP contribution in [0, 0.1) is 0 Å². The fourth-order valence-electron chi connectivity index (χ4n) is 2.12. The Hall–Kier alpha value is -1.89. The lowest BCUT2D eigenvalue weighted by atomic mass is 10.2. The zero-order valence-electron chi connectivity index (χ0n) is 13.5. The summed E-state index contributed by atoms with van der Waals surface area (Å²) in [6.45, 7) is 5.00. The molecule has 0 aliphatic carbocycles. The summed E-state index contributed by atoms with van der Waals surface area (Å²) in [6, 6.07) is 5.87. The van der Waals surface area contributed by atoms with Crippen LogP contribution in [0.2, 0.25) is 0 Å². The largest absolute Gasteiger partial charge is 0.465 e. The molecule has 6 nitrogen and oxygen atoms in total. The van der Waals surface area contributed by atoms with Gasteiger partial charge < -0.3 is 9.30 Å². The van der Waals surface area contributed by atoms with E-state index in [2.05, 4.69) is 22.1 Å². The number of thioether (sulfide) groups is 1. The van der Waals surface area contributed by atoms with Gasteiger partial charge in [0.25, 0.3) is 0 Å². The van der Waals surface area contributed by atoms with Crippen LogP contribution < -0.4 is 0 Å². The van der Waals surface area contributed by atoms with Crippen LogP contribution >= 0.6 is 11.8 Å². The average molecular weight is 334 g/mol. The summed E-state index contributed by atoms with van der Waals surface area (Å²) >= 11 is 1.42. The molecule has 0 bridgehead atoms. The van der Waals surface area contributed by atoms with Crippen LogP contribution in [0.25, 0.3) is 0 Å². The molecule has 23 heavy (non-hydrogen) atoms. The summed E-state index contributed by atoms with van der Waals surface area (Å²) in [7, 11) is 0. The van der Waals surface area contributed by atoms with Crippen molar-refractivity contribution in [1.82, 2.24) is 19.7 Å². The first-order valence-corrected chi connectivity index (χ1v) is 8.73. The molecule has 2 heterocycles. The first kappa shape index (κ1) is 17.5. The molecule has 1 unspecified atom stereocenters. The minimum absolute atomic E-state index is 0.182. The molecule has 0 aromatic carbocycles. The van der Waals surface area contributed by atoms with Crippen LogP contribution in [-0.2, 0) is 22.5 Å². The van der Waals surface area contributed by atoms with Gasteiger partial charge in [-0.3, -0.25) is 9.78 Å². The van der Waals surface area contributed by atoms with Crippen molar-refractivity contribution in [2.24, 2.45) is 0 Å². The summed E-state index contributed by atoms with van der Waals surface area (Å²) in [5.41, 5.74) is 1.02. The van der Waals surface area contributed by atoms with E-state index in [1.165, 1.54) is 11.8 Å². The maximum atomic E-state index is 12.0. The first-order valence-electron chi connectivity index (χ1n) is 7.85. The molecular formula is C16H22N4O2S. The van der Waals surface area contributed by atoms with Crippen LogP contribution in [0.15, 0.2) is 35.9 Å². The molecule has 0 N–H and O–H groups in total. The van der Waals surface area contributed by atoms with Crippen molar-refractivity contribution in [2.45, 2.75) is 50.1 Å². The number of esters is 1. The van der Waals surface area contributed by atoms with Gasteiger partial charge in [0, 0.05) is 24.9 Å². The third-order valence-electron chi connectivity index (χ3n) is 3.26. The van der Waals surface area contributed by atoms with E-state index >= 15 is 0 Å². The second-order valence-electron chi connectivity index (χ2n) is 5.03. The number of pyridine rings is 1. The molecule has 0 fully saturated rings. The van der Waals surface area contributed by atoms with Crippen LogP contribution in [0.1, 0.15) is 32.4 Å². The van der Waals surface area contributed by atoms with Gasteiger partial charge >= 0.3 is 5.97 Å². The van der Waals surface area contributed by atoms with Crippen LogP contribution in [0.5, 0.6) is 0 Å². The number of carbonyl (C=O) groups excluding carboxylic acids is 1. The fraction of sp³-hybridized carbons (Fsp3) is 0.500. The lowest BCUT2D eigenvalue weighted by molar-refractivity contribution is -0.142. The second-order valence-corrected chi connectivity index (χ2v) is 6.20. The summed E-state index contributed by atoms with van der Waals surface area (Å²) < 4.78 is 7.11. The molecule has 0 aliphatic rings. The van der Waals surface area contributed by atoms with Crippen LogP contribution in [-0.4, -0.2) is 37.6 Å². The Balaban J connectivity index is 1.99. The molecule has 0 amide bonds. The minimum Gasteiger partial charge on any atom is -0.465 e. The predicted octanol–water partition coefficient (Wildman–Crippen LogP) is 2.74. The maximum absolute atomic E-state index is 12.0. The van der Waals surface area contributed by atoms with E-state index in [1.54, 1.807) is 12.5 Å². The molecule has 0 radical (unpaired) electrons. The number of aromatic nitrogens is 4. The minimum atomic E-state index is -0.238. The summed E-state index contributed by atoms with van der Waals surface area (Å²) in [4.78, 5) is 16.4. The normalized spacial score (nSPS) is 12.1. The highest BCUT2D eigenvalue weighted by Crippen LogP contribution is 2.25. The number of ether oxygens (including phenoxy) is 1. The van der Waals surface area contributed by atoms with Crippen molar-refractivity contribution in [1.29, 1.82) is 0 Å². The Kier molecular flexibility index (Phi) is 7.06. The monoisotopic (exact) mass is 334 g/mol. The van der Waals surface area contributed by atoms with Gasteiger partial charge in [0.2, 0.25) is 0 Å². The Morgan fingerprint density at radius 1 is 1.39 bits per heavy atom. The van der Waals surface area contributed by atoms with Crippen molar-refractivity contribution in [3.63, 3.8) is 0 Å². The highest BCUT2D eigenvalue weighted by molar-refractivity contribution is 8.00. The van der Waals surface area contributed by atoms with E-state index in [0.717, 1.165) is 36.7 Å². The SMILES string of the molecule is CCCC(Sc1nncn1CCc1ccccn1)C(=O)OCC. The Labute approximate surface area is 140 Å². The number of rotatable bonds is 9. The number of hydrogen-bond donors (Lipinski definition) is 0. The van der Waals surface area contributed by atoms with E-state index in [1.807, 2.05) is 29.7 Å². The van der Waals surface area contributed by atoms with Gasteiger partial charge in [-0.15, -0.1) is 10.2 Å². The summed E-state index contributed by atoms with van der Waals surface area (Å²) in [5.74, 6) is -0.182. The van der Waals surface area contributed by atoms with Gasteiger partial charge in [-0.25, -0.2) is 0 Å². The molecule has 0 saturated carbocycles. The highest BCUT2D eigenvalue weighted by Gasteiger charge is 2.22. The Bertz CT molecular complexity index is 603. The average Bonchev–Trinajstić information content (AvgIpc) is 3.01. The number of nitrogens with zero attached hydrogens (tertiary/aromatic N) is 4. The smallest absolute Gasteiger partial charge is 0.319 e. The standard InChI is InChI=1S/C16H22N4O2S/c1-3-7-14(15(21)22-4-2)23-16-19-18-12-20(16)11-9-13-8-5-6-10-17-13/h5-6,8,10,12,14H,3-4,7,9,11H2,1-2H3. The van der Waals surface area contributed by atoms with Crippen molar-refractivity contribution in [3.8, 4) is 0 Å². The fourth-order valence-corrected chi connectivity index (χ4v) is 3.26. The molecule has 0 saturated heterocycles. The quantitative estimate of drug-likeness (QED) is 0.519. The molecule has 1 atom stereocenters. The van der Waals surface area contributed by atoms with Crippen molar-refractivity contribution >= 4 is 17.7 Å². The van der Waals surface area contributed by atoms with Gasteiger partial charge in [-0.1, -0.05) is 31.2 Å². The third-order valence-corrected chi connectivity index (χ3v) is 4.50. The van der Waals surface area contributed by atoms with Crippen molar-refractivity contribution in [2.75, 3.05) is 6.61 Å². The maximum Gasteiger partial charge on any atom is 0.319 e. The van der Waals surface area contributed by atoms with E-state index < -0.39 is 0 Å². The van der Waals surface area contributed by atoms with Gasteiger partial charge in [0.05, 0.1) is 6.61 Å². The van der Waals surface area contributed by atoms with Crippen molar-refractivity contribution in [3.05, 3.63) is 36.4 Å². The second kappa shape index (κ2) is 9.29. The molecular weight excluding hydrogens is 312 g/mol. The summed E-state index contributed by atoms with van der Waals surface area (Å²) in [6.07, 6.45) is 5.95. The van der Waals surface area contributed by atoms with E-state index in [-0.39, 0.29) is 11.2 Å². The number of aryl methyl sites for hydroxylation is 2. The first-order chi connectivity index (χ1) is 11.2. The van der Waals surface area contributed by atoms with Crippen LogP contribution in [0.4, 0.5) is 0 Å². The van der Waals surface area contributed by atoms with Gasteiger partial charge in [0.1, 0.15) is 11.6 Å².